The molecule has 0 fully saturated rings. The van der Waals surface area contributed by atoms with Gasteiger partial charge >= 0.3 is 0 Å². The zero-order chi connectivity index (χ0) is 26.8. The molecule has 0 spiro atoms. The normalized spacial score (nSPS) is 10.7. The molecule has 192 valence electrons. The number of nitrogens with zero attached hydrogens (tertiary/aromatic N) is 2. The number of anilines is 1. The predicted octanol–water partition coefficient (Wildman–Crippen LogP) is 4.67. The second-order valence-electron chi connectivity index (χ2n) is 8.17. The van der Waals surface area contributed by atoms with E-state index in [0.717, 1.165) is 16.7 Å². The number of rotatable bonds is 11. The Labute approximate surface area is 214 Å². The number of nitrogens with one attached hydrogen (secondary N) is 2. The Morgan fingerprint density at radius 2 is 1.70 bits per heavy atom. The van der Waals surface area contributed by atoms with Gasteiger partial charge in [0.15, 0.2) is 11.5 Å². The number of ether oxygens (including phenoxy) is 2. The Balaban J connectivity index is 1.54. The van der Waals surface area contributed by atoms with Gasteiger partial charge in [0.05, 0.1) is 17.7 Å². The van der Waals surface area contributed by atoms with Crippen molar-refractivity contribution in [3.05, 3.63) is 93.0 Å². The van der Waals surface area contributed by atoms with Gasteiger partial charge in [0.25, 0.3) is 5.69 Å². The molecule has 0 saturated carbocycles. The molecule has 0 radical (unpaired) electrons. The highest BCUT2D eigenvalue weighted by molar-refractivity contribution is 6.03. The standard InChI is InChI=1S/C27H28N4O6/c1-4-36-25-14-21(8-12-24(25)37-17-20-6-10-23(11-7-20)31(34)35)16-28-30-27(33)15-26(32)29-22-9-5-18(2)19(3)13-22/h5-14,16H,4,15,17H2,1-3H3,(H,29,32)(H,30,33). The Hall–Kier alpha value is -4.73. The third kappa shape index (κ3) is 8.17. The minimum atomic E-state index is -0.550. The van der Waals surface area contributed by atoms with E-state index in [0.29, 0.717) is 29.4 Å². The van der Waals surface area contributed by atoms with Gasteiger partial charge in [0.1, 0.15) is 13.0 Å². The largest absolute Gasteiger partial charge is 0.490 e. The maximum atomic E-state index is 12.1. The number of hydrogen-bond donors (Lipinski definition) is 2. The van der Waals surface area contributed by atoms with E-state index >= 15 is 0 Å². The number of hydrazone groups is 1. The fourth-order valence-corrected chi connectivity index (χ4v) is 3.26. The number of nitro groups is 1. The molecule has 0 bridgehead atoms. The number of nitro benzene ring substituents is 1. The van der Waals surface area contributed by atoms with Crippen LogP contribution in [0.4, 0.5) is 11.4 Å². The van der Waals surface area contributed by atoms with Crippen LogP contribution in [0.5, 0.6) is 11.5 Å². The molecule has 0 aromatic heterocycles. The molecule has 0 unspecified atom stereocenters. The molecule has 37 heavy (non-hydrogen) atoms. The van der Waals surface area contributed by atoms with Crippen molar-refractivity contribution in [3.8, 4) is 11.5 Å². The number of hydrogen-bond acceptors (Lipinski definition) is 7. The monoisotopic (exact) mass is 504 g/mol. The van der Waals surface area contributed by atoms with Crippen molar-refractivity contribution in [1.29, 1.82) is 0 Å². The van der Waals surface area contributed by atoms with Crippen molar-refractivity contribution in [2.75, 3.05) is 11.9 Å². The fraction of sp³-hybridized carbons (Fsp3) is 0.222. The van der Waals surface area contributed by atoms with E-state index < -0.39 is 16.7 Å². The molecule has 0 heterocycles. The second-order valence-corrected chi connectivity index (χ2v) is 8.17. The SMILES string of the molecule is CCOc1cc(C=NNC(=O)CC(=O)Nc2ccc(C)c(C)c2)ccc1OCc1ccc([N+](=O)[O-])cc1. The Morgan fingerprint density at radius 3 is 2.38 bits per heavy atom. The lowest BCUT2D eigenvalue weighted by molar-refractivity contribution is -0.384. The zero-order valence-electron chi connectivity index (χ0n) is 20.8. The molecule has 10 nitrogen and oxygen atoms in total. The topological polar surface area (TPSA) is 132 Å². The first-order chi connectivity index (χ1) is 17.7. The van der Waals surface area contributed by atoms with Crippen molar-refractivity contribution in [1.82, 2.24) is 5.43 Å². The summed E-state index contributed by atoms with van der Waals surface area (Å²) in [6.07, 6.45) is 1.06. The third-order valence-electron chi connectivity index (χ3n) is 5.32. The smallest absolute Gasteiger partial charge is 0.269 e. The van der Waals surface area contributed by atoms with E-state index in [1.165, 1.54) is 18.3 Å². The van der Waals surface area contributed by atoms with E-state index in [4.69, 9.17) is 9.47 Å². The third-order valence-corrected chi connectivity index (χ3v) is 5.32. The molecule has 3 aromatic rings. The maximum Gasteiger partial charge on any atom is 0.269 e. The van der Waals surface area contributed by atoms with Gasteiger partial charge in [-0.3, -0.25) is 19.7 Å². The quantitative estimate of drug-likeness (QED) is 0.169. The van der Waals surface area contributed by atoms with E-state index in [1.54, 1.807) is 36.4 Å². The van der Waals surface area contributed by atoms with Crippen LogP contribution in [-0.4, -0.2) is 29.6 Å². The highest BCUT2D eigenvalue weighted by Crippen LogP contribution is 2.29. The second kappa shape index (κ2) is 12.8. The zero-order valence-corrected chi connectivity index (χ0v) is 20.8. The first-order valence-corrected chi connectivity index (χ1v) is 11.6. The molecule has 0 saturated heterocycles. The summed E-state index contributed by atoms with van der Waals surface area (Å²) in [5.74, 6) is -0.0216. The lowest BCUT2D eigenvalue weighted by atomic mass is 10.1. The maximum absolute atomic E-state index is 12.1. The van der Waals surface area contributed by atoms with Gasteiger partial charge in [-0.2, -0.15) is 5.10 Å². The van der Waals surface area contributed by atoms with E-state index in [9.17, 15) is 19.7 Å². The molecular formula is C27H28N4O6. The summed E-state index contributed by atoms with van der Waals surface area (Å²) >= 11 is 0. The average Bonchev–Trinajstić information content (AvgIpc) is 2.86. The van der Waals surface area contributed by atoms with Gasteiger partial charge in [0.2, 0.25) is 11.8 Å². The van der Waals surface area contributed by atoms with Crippen LogP contribution in [0.25, 0.3) is 0 Å². The molecular weight excluding hydrogens is 476 g/mol. The molecule has 2 N–H and O–H groups in total. The number of carbonyl (C=O) groups is 2. The van der Waals surface area contributed by atoms with Crippen LogP contribution in [0.3, 0.4) is 0 Å². The number of non-ortho nitro benzene ring substituents is 1. The van der Waals surface area contributed by atoms with Crippen molar-refractivity contribution in [3.63, 3.8) is 0 Å². The van der Waals surface area contributed by atoms with Gasteiger partial charge in [-0.1, -0.05) is 6.07 Å². The summed E-state index contributed by atoms with van der Waals surface area (Å²) in [5.41, 5.74) is 6.55. The molecule has 0 atom stereocenters. The molecule has 0 aliphatic rings. The number of benzene rings is 3. The van der Waals surface area contributed by atoms with Crippen LogP contribution in [-0.2, 0) is 16.2 Å². The fourth-order valence-electron chi connectivity index (χ4n) is 3.26. The number of aryl methyl sites for hydroxylation is 2. The first-order valence-electron chi connectivity index (χ1n) is 11.6. The number of amides is 2. The molecule has 2 amide bonds. The summed E-state index contributed by atoms with van der Waals surface area (Å²) in [6.45, 7) is 6.37. The molecule has 10 heteroatoms. The first kappa shape index (κ1) is 26.9. The van der Waals surface area contributed by atoms with Gasteiger partial charge < -0.3 is 14.8 Å². The van der Waals surface area contributed by atoms with Crippen LogP contribution in [0.15, 0.2) is 65.8 Å². The van der Waals surface area contributed by atoms with Gasteiger partial charge in [-0.05, 0) is 85.5 Å². The van der Waals surface area contributed by atoms with E-state index in [1.807, 2.05) is 32.9 Å². The van der Waals surface area contributed by atoms with E-state index in [2.05, 4.69) is 15.8 Å². The van der Waals surface area contributed by atoms with Crippen LogP contribution in [0.2, 0.25) is 0 Å². The average molecular weight is 505 g/mol. The minimum Gasteiger partial charge on any atom is -0.490 e. The van der Waals surface area contributed by atoms with Crippen molar-refractivity contribution in [2.24, 2.45) is 5.10 Å². The van der Waals surface area contributed by atoms with Crippen LogP contribution < -0.4 is 20.2 Å². The molecule has 3 rings (SSSR count). The Bertz CT molecular complexity index is 1300. The minimum absolute atomic E-state index is 0.0106. The van der Waals surface area contributed by atoms with E-state index in [-0.39, 0.29) is 18.7 Å². The summed E-state index contributed by atoms with van der Waals surface area (Å²) in [5, 5.41) is 17.4. The lowest BCUT2D eigenvalue weighted by Gasteiger charge is -2.12. The van der Waals surface area contributed by atoms with Gasteiger partial charge in [-0.15, -0.1) is 0 Å². The molecule has 3 aromatic carbocycles. The van der Waals surface area contributed by atoms with Gasteiger partial charge in [0, 0.05) is 17.8 Å². The summed E-state index contributed by atoms with van der Waals surface area (Å²) in [6, 6.07) is 16.8. The van der Waals surface area contributed by atoms with Crippen molar-refractivity contribution >= 4 is 29.4 Å². The van der Waals surface area contributed by atoms with Crippen molar-refractivity contribution in [2.45, 2.75) is 33.8 Å². The predicted molar refractivity (Wildman–Crippen MR) is 140 cm³/mol. The molecule has 0 aliphatic carbocycles. The number of carbonyl (C=O) groups excluding carboxylic acids is 2. The Kier molecular flexibility index (Phi) is 9.31. The summed E-state index contributed by atoms with van der Waals surface area (Å²) in [7, 11) is 0. The highest BCUT2D eigenvalue weighted by Gasteiger charge is 2.11. The lowest BCUT2D eigenvalue weighted by Crippen LogP contribution is -2.24. The van der Waals surface area contributed by atoms with Crippen LogP contribution in [0, 0.1) is 24.0 Å². The van der Waals surface area contributed by atoms with Crippen molar-refractivity contribution < 1.29 is 24.0 Å². The van der Waals surface area contributed by atoms with Crippen LogP contribution >= 0.6 is 0 Å². The summed E-state index contributed by atoms with van der Waals surface area (Å²) in [4.78, 5) is 34.6. The molecule has 0 aliphatic heterocycles. The van der Waals surface area contributed by atoms with Gasteiger partial charge in [-0.25, -0.2) is 5.43 Å². The Morgan fingerprint density at radius 1 is 0.946 bits per heavy atom. The van der Waals surface area contributed by atoms with Crippen LogP contribution in [0.1, 0.15) is 35.6 Å². The summed E-state index contributed by atoms with van der Waals surface area (Å²) < 4.78 is 11.5. The highest BCUT2D eigenvalue weighted by atomic mass is 16.6.